The summed E-state index contributed by atoms with van der Waals surface area (Å²) in [7, 11) is 1.33. The molecule has 114 valence electrons. The summed E-state index contributed by atoms with van der Waals surface area (Å²) in [5, 5.41) is 11.5. The van der Waals surface area contributed by atoms with Gasteiger partial charge < -0.3 is 20.1 Å². The molecule has 2 unspecified atom stereocenters. The molecule has 0 aromatic rings. The van der Waals surface area contributed by atoms with E-state index in [0.29, 0.717) is 25.9 Å². The zero-order chi connectivity index (χ0) is 15.1. The summed E-state index contributed by atoms with van der Waals surface area (Å²) >= 11 is 0. The third-order valence-electron chi connectivity index (χ3n) is 3.40. The van der Waals surface area contributed by atoms with E-state index in [0.717, 1.165) is 6.42 Å². The van der Waals surface area contributed by atoms with Crippen LogP contribution in [0.25, 0.3) is 0 Å². The monoisotopic (exact) mass is 286 g/mol. The number of aliphatic carboxylic acids is 1. The molecule has 0 aliphatic carbocycles. The molecule has 0 bridgehead atoms. The van der Waals surface area contributed by atoms with Crippen LogP contribution in [0.4, 0.5) is 4.79 Å². The van der Waals surface area contributed by atoms with E-state index in [1.165, 1.54) is 12.0 Å². The quantitative estimate of drug-likeness (QED) is 0.705. The Morgan fingerprint density at radius 2 is 2.15 bits per heavy atom. The Hall–Kier alpha value is -1.79. The van der Waals surface area contributed by atoms with Gasteiger partial charge in [-0.25, -0.2) is 4.79 Å². The van der Waals surface area contributed by atoms with E-state index in [4.69, 9.17) is 5.11 Å². The SMILES string of the molecule is CCCC(CC(=O)O)NC(=O)N1CCC(C(=O)OC)C1. The van der Waals surface area contributed by atoms with E-state index in [2.05, 4.69) is 10.1 Å². The second-order valence-corrected chi connectivity index (χ2v) is 4.99. The lowest BCUT2D eigenvalue weighted by Crippen LogP contribution is -2.44. The van der Waals surface area contributed by atoms with Gasteiger partial charge >= 0.3 is 18.0 Å². The number of carboxylic acids is 1. The van der Waals surface area contributed by atoms with Crippen molar-refractivity contribution >= 4 is 18.0 Å². The molecule has 0 saturated carbocycles. The van der Waals surface area contributed by atoms with Crippen LogP contribution in [0.3, 0.4) is 0 Å². The predicted octanol–water partition coefficient (Wildman–Crippen LogP) is 0.834. The number of nitrogens with zero attached hydrogens (tertiary/aromatic N) is 1. The van der Waals surface area contributed by atoms with E-state index in [1.54, 1.807) is 0 Å². The van der Waals surface area contributed by atoms with Gasteiger partial charge in [0.25, 0.3) is 0 Å². The summed E-state index contributed by atoms with van der Waals surface area (Å²) in [6.45, 7) is 2.74. The number of methoxy groups -OCH3 is 1. The highest BCUT2D eigenvalue weighted by atomic mass is 16.5. The Morgan fingerprint density at radius 1 is 1.45 bits per heavy atom. The maximum absolute atomic E-state index is 12.0. The molecule has 1 rings (SSSR count). The summed E-state index contributed by atoms with van der Waals surface area (Å²) < 4.78 is 4.66. The maximum atomic E-state index is 12.0. The second kappa shape index (κ2) is 7.72. The minimum atomic E-state index is -0.933. The fraction of sp³-hybridized carbons (Fsp3) is 0.769. The summed E-state index contributed by atoms with van der Waals surface area (Å²) in [5.74, 6) is -1.52. The molecule has 2 N–H and O–H groups in total. The molecular formula is C13H22N2O5. The zero-order valence-electron chi connectivity index (χ0n) is 11.9. The van der Waals surface area contributed by atoms with Crippen molar-refractivity contribution in [3.05, 3.63) is 0 Å². The molecule has 2 amide bonds. The Kier molecular flexibility index (Phi) is 6.27. The number of nitrogens with one attached hydrogen (secondary N) is 1. The number of carbonyl (C=O) groups excluding carboxylic acids is 2. The van der Waals surface area contributed by atoms with Gasteiger partial charge in [-0.3, -0.25) is 9.59 Å². The van der Waals surface area contributed by atoms with Gasteiger partial charge in [-0.2, -0.15) is 0 Å². The molecule has 0 radical (unpaired) electrons. The highest BCUT2D eigenvalue weighted by molar-refractivity contribution is 5.79. The third-order valence-corrected chi connectivity index (χ3v) is 3.40. The van der Waals surface area contributed by atoms with Crippen LogP contribution in [-0.4, -0.2) is 54.2 Å². The molecule has 0 spiro atoms. The van der Waals surface area contributed by atoms with E-state index < -0.39 is 5.97 Å². The number of urea groups is 1. The van der Waals surface area contributed by atoms with Crippen LogP contribution in [0.1, 0.15) is 32.6 Å². The third kappa shape index (κ3) is 4.71. The van der Waals surface area contributed by atoms with Gasteiger partial charge in [0.15, 0.2) is 0 Å². The molecule has 1 fully saturated rings. The van der Waals surface area contributed by atoms with Crippen LogP contribution < -0.4 is 5.32 Å². The minimum Gasteiger partial charge on any atom is -0.481 e. The van der Waals surface area contributed by atoms with Gasteiger partial charge in [0.1, 0.15) is 0 Å². The first-order valence-electron chi connectivity index (χ1n) is 6.83. The number of hydrogen-bond donors (Lipinski definition) is 2. The first kappa shape index (κ1) is 16.3. The van der Waals surface area contributed by atoms with Crippen molar-refractivity contribution in [3.8, 4) is 0 Å². The Balaban J connectivity index is 2.49. The lowest BCUT2D eigenvalue weighted by molar-refractivity contribution is -0.144. The standard InChI is InChI=1S/C13H22N2O5/c1-3-4-10(7-11(16)17)14-13(19)15-6-5-9(8-15)12(18)20-2/h9-10H,3-8H2,1-2H3,(H,14,19)(H,16,17). The largest absolute Gasteiger partial charge is 0.481 e. The Morgan fingerprint density at radius 3 is 2.70 bits per heavy atom. The highest BCUT2D eigenvalue weighted by Crippen LogP contribution is 2.17. The van der Waals surface area contributed by atoms with Crippen LogP contribution in [0, 0.1) is 5.92 Å². The number of amides is 2. The molecule has 1 aliphatic heterocycles. The van der Waals surface area contributed by atoms with Gasteiger partial charge in [-0.1, -0.05) is 13.3 Å². The normalized spacial score (nSPS) is 19.5. The predicted molar refractivity (Wildman–Crippen MR) is 71.2 cm³/mol. The molecule has 7 nitrogen and oxygen atoms in total. The summed E-state index contributed by atoms with van der Waals surface area (Å²) in [4.78, 5) is 35.7. The van der Waals surface area contributed by atoms with Crippen LogP contribution in [-0.2, 0) is 14.3 Å². The average Bonchev–Trinajstić information content (AvgIpc) is 2.87. The van der Waals surface area contributed by atoms with Gasteiger partial charge in [0.2, 0.25) is 0 Å². The molecular weight excluding hydrogens is 264 g/mol. The van der Waals surface area contributed by atoms with E-state index in [-0.39, 0.29) is 30.4 Å². The maximum Gasteiger partial charge on any atom is 0.317 e. The van der Waals surface area contributed by atoms with Crippen LogP contribution in [0.2, 0.25) is 0 Å². The number of carbonyl (C=O) groups is 3. The number of rotatable bonds is 6. The molecule has 7 heteroatoms. The van der Waals surface area contributed by atoms with Gasteiger partial charge in [0.05, 0.1) is 19.4 Å². The average molecular weight is 286 g/mol. The lowest BCUT2D eigenvalue weighted by Gasteiger charge is -2.22. The first-order valence-corrected chi connectivity index (χ1v) is 6.83. The molecule has 1 aliphatic rings. The minimum absolute atomic E-state index is 0.0894. The van der Waals surface area contributed by atoms with E-state index >= 15 is 0 Å². The van der Waals surface area contributed by atoms with Crippen molar-refractivity contribution in [2.24, 2.45) is 5.92 Å². The van der Waals surface area contributed by atoms with Crippen molar-refractivity contribution in [2.45, 2.75) is 38.6 Å². The summed E-state index contributed by atoms with van der Waals surface area (Å²) in [6.07, 6.45) is 1.90. The molecule has 2 atom stereocenters. The molecule has 1 saturated heterocycles. The topological polar surface area (TPSA) is 95.9 Å². The smallest absolute Gasteiger partial charge is 0.317 e. The molecule has 0 aromatic carbocycles. The van der Waals surface area contributed by atoms with Gasteiger partial charge in [-0.15, -0.1) is 0 Å². The Bertz CT molecular complexity index is 372. The number of ether oxygens (including phenoxy) is 1. The van der Waals surface area contributed by atoms with E-state index in [9.17, 15) is 14.4 Å². The number of hydrogen-bond acceptors (Lipinski definition) is 4. The van der Waals surface area contributed by atoms with Crippen LogP contribution in [0.5, 0.6) is 0 Å². The fourth-order valence-electron chi connectivity index (χ4n) is 2.35. The fourth-order valence-corrected chi connectivity index (χ4v) is 2.35. The van der Waals surface area contributed by atoms with Crippen molar-refractivity contribution in [1.82, 2.24) is 10.2 Å². The zero-order valence-corrected chi connectivity index (χ0v) is 11.9. The van der Waals surface area contributed by atoms with Gasteiger partial charge in [0, 0.05) is 19.1 Å². The van der Waals surface area contributed by atoms with Crippen molar-refractivity contribution in [3.63, 3.8) is 0 Å². The molecule has 20 heavy (non-hydrogen) atoms. The summed E-state index contributed by atoms with van der Waals surface area (Å²) in [5.41, 5.74) is 0. The first-order chi connectivity index (χ1) is 9.47. The number of likely N-dealkylation sites (tertiary alicyclic amines) is 1. The van der Waals surface area contributed by atoms with E-state index in [1.807, 2.05) is 6.92 Å². The second-order valence-electron chi connectivity index (χ2n) is 4.99. The van der Waals surface area contributed by atoms with Crippen molar-refractivity contribution in [2.75, 3.05) is 20.2 Å². The van der Waals surface area contributed by atoms with Crippen molar-refractivity contribution < 1.29 is 24.2 Å². The Labute approximate surface area is 118 Å². The highest BCUT2D eigenvalue weighted by Gasteiger charge is 2.32. The molecule has 1 heterocycles. The summed E-state index contributed by atoms with van der Waals surface area (Å²) in [6, 6.07) is -0.682. The molecule has 0 aromatic heterocycles. The van der Waals surface area contributed by atoms with Gasteiger partial charge in [-0.05, 0) is 12.8 Å². The van der Waals surface area contributed by atoms with Crippen LogP contribution >= 0.6 is 0 Å². The van der Waals surface area contributed by atoms with Crippen molar-refractivity contribution in [1.29, 1.82) is 0 Å². The lowest BCUT2D eigenvalue weighted by atomic mass is 10.1. The number of carboxylic acid groups (broad SMARTS) is 1. The number of esters is 1. The van der Waals surface area contributed by atoms with Crippen LogP contribution in [0.15, 0.2) is 0 Å².